The summed E-state index contributed by atoms with van der Waals surface area (Å²) in [5, 5.41) is 0. The number of nitrogens with zero attached hydrogens (tertiary/aromatic N) is 1. The average molecular weight is 219 g/mol. The fraction of sp³-hybridized carbons (Fsp3) is 0.846. The van der Waals surface area contributed by atoms with Crippen molar-refractivity contribution >= 4 is 11.8 Å². The molecule has 4 rings (SSSR count). The Labute approximate surface area is 95.2 Å². The maximum absolute atomic E-state index is 12.3. The van der Waals surface area contributed by atoms with Crippen molar-refractivity contribution in [2.75, 3.05) is 6.54 Å². The lowest BCUT2D eigenvalue weighted by Crippen LogP contribution is -2.36. The van der Waals surface area contributed by atoms with E-state index in [-0.39, 0.29) is 23.7 Å². The molecule has 16 heavy (non-hydrogen) atoms. The first kappa shape index (κ1) is 9.20. The van der Waals surface area contributed by atoms with E-state index in [0.29, 0.717) is 11.8 Å². The van der Waals surface area contributed by atoms with Gasteiger partial charge in [-0.05, 0) is 49.9 Å². The Hall–Kier alpha value is -0.860. The van der Waals surface area contributed by atoms with Crippen molar-refractivity contribution in [2.45, 2.75) is 32.1 Å². The highest BCUT2D eigenvalue weighted by molar-refractivity contribution is 6.00. The molecule has 1 aliphatic heterocycles. The second-order valence-corrected chi connectivity index (χ2v) is 6.08. The molecular weight excluding hydrogens is 202 g/mol. The molecule has 4 fully saturated rings. The van der Waals surface area contributed by atoms with E-state index in [1.54, 1.807) is 4.90 Å². The van der Waals surface area contributed by atoms with Crippen LogP contribution in [0.2, 0.25) is 0 Å². The fourth-order valence-corrected chi connectivity index (χ4v) is 4.29. The zero-order chi connectivity index (χ0) is 10.9. The normalized spacial score (nSPS) is 45.2. The molecule has 0 radical (unpaired) electrons. The molecule has 3 aliphatic carbocycles. The molecule has 4 unspecified atom stereocenters. The highest BCUT2D eigenvalue weighted by Gasteiger charge is 2.58. The maximum atomic E-state index is 12.3. The molecule has 0 spiro atoms. The smallest absolute Gasteiger partial charge is 0.232 e. The Balaban J connectivity index is 1.60. The molecule has 1 saturated heterocycles. The maximum Gasteiger partial charge on any atom is 0.232 e. The third kappa shape index (κ3) is 1.04. The van der Waals surface area contributed by atoms with E-state index in [9.17, 15) is 9.59 Å². The first-order valence-electron chi connectivity index (χ1n) is 6.61. The van der Waals surface area contributed by atoms with Crippen molar-refractivity contribution in [3.63, 3.8) is 0 Å². The predicted octanol–water partition coefficient (Wildman–Crippen LogP) is 1.43. The summed E-state index contributed by atoms with van der Waals surface area (Å²) < 4.78 is 0. The molecule has 1 heterocycles. The molecule has 3 saturated carbocycles. The second kappa shape index (κ2) is 2.88. The Morgan fingerprint density at radius 1 is 1.12 bits per heavy atom. The molecule has 2 bridgehead atoms. The van der Waals surface area contributed by atoms with Gasteiger partial charge in [0.05, 0.1) is 0 Å². The number of likely N-dealkylation sites (tertiary alicyclic amines) is 1. The third-order valence-corrected chi connectivity index (χ3v) is 5.23. The molecule has 0 N–H and O–H groups in total. The van der Waals surface area contributed by atoms with E-state index >= 15 is 0 Å². The Kier molecular flexibility index (Phi) is 1.65. The first-order chi connectivity index (χ1) is 7.75. The van der Waals surface area contributed by atoms with Crippen LogP contribution in [-0.2, 0) is 9.59 Å². The number of carbonyl (C=O) groups excluding carboxylic acids is 2. The number of hydrogen-bond acceptors (Lipinski definition) is 2. The number of hydrogen-bond donors (Lipinski definition) is 0. The highest BCUT2D eigenvalue weighted by atomic mass is 16.2. The summed E-state index contributed by atoms with van der Waals surface area (Å²) in [5.41, 5.74) is 0. The van der Waals surface area contributed by atoms with Crippen LogP contribution in [0.25, 0.3) is 0 Å². The van der Waals surface area contributed by atoms with E-state index in [4.69, 9.17) is 0 Å². The minimum atomic E-state index is 0.138. The summed E-state index contributed by atoms with van der Waals surface area (Å²) >= 11 is 0. The monoisotopic (exact) mass is 219 g/mol. The minimum Gasteiger partial charge on any atom is -0.282 e. The molecule has 4 aliphatic rings. The van der Waals surface area contributed by atoms with Gasteiger partial charge in [0.1, 0.15) is 0 Å². The Bertz CT molecular complexity index is 374. The predicted molar refractivity (Wildman–Crippen MR) is 57.3 cm³/mol. The van der Waals surface area contributed by atoms with Gasteiger partial charge in [-0.25, -0.2) is 0 Å². The van der Waals surface area contributed by atoms with E-state index in [2.05, 4.69) is 0 Å². The lowest BCUT2D eigenvalue weighted by molar-refractivity contribution is -0.144. The Morgan fingerprint density at radius 2 is 1.88 bits per heavy atom. The lowest BCUT2D eigenvalue weighted by Gasteiger charge is -2.20. The third-order valence-electron chi connectivity index (χ3n) is 5.23. The van der Waals surface area contributed by atoms with Crippen LogP contribution < -0.4 is 0 Å². The van der Waals surface area contributed by atoms with Crippen LogP contribution in [0.1, 0.15) is 32.1 Å². The van der Waals surface area contributed by atoms with Gasteiger partial charge < -0.3 is 0 Å². The molecule has 86 valence electrons. The van der Waals surface area contributed by atoms with Gasteiger partial charge >= 0.3 is 0 Å². The largest absolute Gasteiger partial charge is 0.282 e. The van der Waals surface area contributed by atoms with Crippen LogP contribution in [0.3, 0.4) is 0 Å². The minimum absolute atomic E-state index is 0.138. The summed E-state index contributed by atoms with van der Waals surface area (Å²) in [6, 6.07) is 0. The standard InChI is InChI=1S/C13H17NO2/c15-12(7-1-2-7)14-6-10-8-3-4-9(5-8)11(10)13(14)16/h7-11H,1-6H2. The summed E-state index contributed by atoms with van der Waals surface area (Å²) in [6.45, 7) is 0.750. The summed E-state index contributed by atoms with van der Waals surface area (Å²) in [7, 11) is 0. The summed E-state index contributed by atoms with van der Waals surface area (Å²) in [6.07, 6.45) is 5.79. The van der Waals surface area contributed by atoms with Crippen LogP contribution in [0.4, 0.5) is 0 Å². The van der Waals surface area contributed by atoms with Crippen molar-refractivity contribution in [1.29, 1.82) is 0 Å². The van der Waals surface area contributed by atoms with Crippen LogP contribution in [0.5, 0.6) is 0 Å². The van der Waals surface area contributed by atoms with Crippen LogP contribution in [0, 0.1) is 29.6 Å². The van der Waals surface area contributed by atoms with Gasteiger partial charge in [0.25, 0.3) is 0 Å². The van der Waals surface area contributed by atoms with Gasteiger partial charge in [0.15, 0.2) is 0 Å². The molecule has 4 atom stereocenters. The van der Waals surface area contributed by atoms with Crippen molar-refractivity contribution in [2.24, 2.45) is 29.6 Å². The first-order valence-corrected chi connectivity index (χ1v) is 6.61. The quantitative estimate of drug-likeness (QED) is 0.626. The van der Waals surface area contributed by atoms with Crippen LogP contribution in [-0.4, -0.2) is 23.3 Å². The van der Waals surface area contributed by atoms with Gasteiger partial charge in [-0.3, -0.25) is 14.5 Å². The molecule has 2 amide bonds. The zero-order valence-corrected chi connectivity index (χ0v) is 9.39. The SMILES string of the molecule is O=C(C1CC1)N1CC2C3CCC(C3)C2C1=O. The van der Waals surface area contributed by atoms with Crippen molar-refractivity contribution in [3.8, 4) is 0 Å². The van der Waals surface area contributed by atoms with Crippen molar-refractivity contribution < 1.29 is 9.59 Å². The highest BCUT2D eigenvalue weighted by Crippen LogP contribution is 2.56. The second-order valence-electron chi connectivity index (χ2n) is 6.08. The van der Waals surface area contributed by atoms with Gasteiger partial charge in [0, 0.05) is 18.4 Å². The number of carbonyl (C=O) groups is 2. The van der Waals surface area contributed by atoms with Crippen LogP contribution >= 0.6 is 0 Å². The average Bonchev–Trinajstić information content (AvgIpc) is 2.79. The van der Waals surface area contributed by atoms with E-state index in [1.807, 2.05) is 0 Å². The molecule has 0 aromatic rings. The van der Waals surface area contributed by atoms with Crippen LogP contribution in [0.15, 0.2) is 0 Å². The molecule has 3 nitrogen and oxygen atoms in total. The van der Waals surface area contributed by atoms with Gasteiger partial charge in [-0.15, -0.1) is 0 Å². The van der Waals surface area contributed by atoms with Gasteiger partial charge in [-0.1, -0.05) is 0 Å². The molecule has 0 aromatic carbocycles. The molecule has 0 aromatic heterocycles. The number of rotatable bonds is 1. The number of fused-ring (bicyclic) bond motifs is 5. The number of imide groups is 1. The van der Waals surface area contributed by atoms with E-state index in [1.165, 1.54) is 19.3 Å². The number of amides is 2. The van der Waals surface area contributed by atoms with Crippen molar-refractivity contribution in [3.05, 3.63) is 0 Å². The van der Waals surface area contributed by atoms with Gasteiger partial charge in [-0.2, -0.15) is 0 Å². The van der Waals surface area contributed by atoms with Crippen molar-refractivity contribution in [1.82, 2.24) is 4.90 Å². The fourth-order valence-electron chi connectivity index (χ4n) is 4.29. The van der Waals surface area contributed by atoms with E-state index < -0.39 is 0 Å². The lowest BCUT2D eigenvalue weighted by atomic mass is 9.81. The molecular formula is C13H17NO2. The zero-order valence-electron chi connectivity index (χ0n) is 9.39. The molecule has 3 heteroatoms. The topological polar surface area (TPSA) is 37.4 Å². The summed E-state index contributed by atoms with van der Waals surface area (Å²) in [5.74, 6) is 2.61. The summed E-state index contributed by atoms with van der Waals surface area (Å²) in [4.78, 5) is 25.9. The Morgan fingerprint density at radius 3 is 2.56 bits per heavy atom. The van der Waals surface area contributed by atoms with E-state index in [0.717, 1.165) is 25.3 Å². The van der Waals surface area contributed by atoms with Gasteiger partial charge in [0.2, 0.25) is 11.8 Å².